The lowest BCUT2D eigenvalue weighted by Gasteiger charge is -2.71. The molecule has 0 spiro atoms. The fraction of sp³-hybridized carbons (Fsp3) is 0.871. The van der Waals surface area contributed by atoms with E-state index in [1.807, 2.05) is 0 Å². The van der Waals surface area contributed by atoms with E-state index < -0.39 is 10.8 Å². The zero-order valence-corrected chi connectivity index (χ0v) is 23.8. The molecular formula is C31H47NO4. The molecule has 5 nitrogen and oxygen atoms in total. The van der Waals surface area contributed by atoms with Gasteiger partial charge in [0.25, 0.3) is 0 Å². The van der Waals surface area contributed by atoms with Gasteiger partial charge in [-0.2, -0.15) is 5.26 Å². The Morgan fingerprint density at radius 2 is 1.61 bits per heavy atom. The van der Waals surface area contributed by atoms with E-state index in [1.54, 1.807) is 13.8 Å². The molecule has 0 unspecified atom stereocenters. The van der Waals surface area contributed by atoms with Gasteiger partial charge in [-0.05, 0) is 105 Å². The van der Waals surface area contributed by atoms with Crippen LogP contribution >= 0.6 is 0 Å². The zero-order valence-electron chi connectivity index (χ0n) is 23.8. The van der Waals surface area contributed by atoms with E-state index in [0.29, 0.717) is 12.3 Å². The monoisotopic (exact) mass is 497 g/mol. The first kappa shape index (κ1) is 27.3. The van der Waals surface area contributed by atoms with Crippen LogP contribution in [0.15, 0.2) is 0 Å². The van der Waals surface area contributed by atoms with Crippen molar-refractivity contribution >= 4 is 17.5 Å². The van der Waals surface area contributed by atoms with Crippen LogP contribution in [-0.2, 0) is 19.1 Å². The number of methoxy groups -OCH3 is 1. The molecule has 0 aliphatic heterocycles. The van der Waals surface area contributed by atoms with Gasteiger partial charge >= 0.3 is 5.97 Å². The summed E-state index contributed by atoms with van der Waals surface area (Å²) in [4.78, 5) is 38.9. The lowest BCUT2D eigenvalue weighted by atomic mass is 9.33. The number of carbonyl (C=O) groups is 3. The van der Waals surface area contributed by atoms with Gasteiger partial charge in [0.05, 0.1) is 18.6 Å². The summed E-state index contributed by atoms with van der Waals surface area (Å²) in [5.41, 5.74) is -1.31. The molecule has 4 aliphatic rings. The summed E-state index contributed by atoms with van der Waals surface area (Å²) >= 11 is 0. The predicted octanol–water partition coefficient (Wildman–Crippen LogP) is 6.54. The molecule has 4 rings (SSSR count). The third-order valence-corrected chi connectivity index (χ3v) is 13.1. The van der Waals surface area contributed by atoms with Crippen molar-refractivity contribution in [1.29, 1.82) is 5.26 Å². The maximum Gasteiger partial charge on any atom is 0.312 e. The predicted molar refractivity (Wildman–Crippen MR) is 139 cm³/mol. The van der Waals surface area contributed by atoms with Crippen LogP contribution in [0, 0.1) is 68.0 Å². The summed E-state index contributed by atoms with van der Waals surface area (Å²) in [5, 5.41) is 9.99. The molecule has 0 N–H and O–H groups in total. The summed E-state index contributed by atoms with van der Waals surface area (Å²) < 4.78 is 5.39. The van der Waals surface area contributed by atoms with E-state index in [4.69, 9.17) is 4.74 Å². The van der Waals surface area contributed by atoms with Crippen LogP contribution in [0.1, 0.15) is 106 Å². The van der Waals surface area contributed by atoms with Gasteiger partial charge in [0.15, 0.2) is 0 Å². The molecule has 9 atom stereocenters. The largest absolute Gasteiger partial charge is 0.469 e. The first-order valence-electron chi connectivity index (χ1n) is 14.1. The van der Waals surface area contributed by atoms with Crippen LogP contribution in [0.5, 0.6) is 0 Å². The molecule has 200 valence electrons. The van der Waals surface area contributed by atoms with E-state index in [2.05, 4.69) is 40.7 Å². The molecule has 4 saturated carbocycles. The number of Topliss-reactive ketones (excluding diaryl/α,β-unsaturated/α-hetero) is 2. The standard InChI is InChI=1S/C31H47NO4/c1-19(33)21-11-14-31(26(35)36-8)16-15-29(6)22(25(21)31)9-10-24-28(5,17-18-32)23(12-13-30(24,29)7)27(3,4)20(2)34/h21-25H,9-17H2,1-8H3/t21-,22+,23-,24+,25+,28-,29+,30+,31-/m0/s1. The van der Waals surface area contributed by atoms with Crippen LogP contribution < -0.4 is 0 Å². The topological polar surface area (TPSA) is 84.2 Å². The smallest absolute Gasteiger partial charge is 0.312 e. The average Bonchev–Trinajstić information content (AvgIpc) is 3.20. The number of ether oxygens (including phenoxy) is 1. The van der Waals surface area contributed by atoms with Crippen molar-refractivity contribution in [3.8, 4) is 6.07 Å². The Labute approximate surface area is 218 Å². The normalized spacial score (nSPS) is 46.0. The summed E-state index contributed by atoms with van der Waals surface area (Å²) in [7, 11) is 1.49. The van der Waals surface area contributed by atoms with Gasteiger partial charge in [0, 0.05) is 17.8 Å². The maximum absolute atomic E-state index is 13.3. The molecule has 0 aromatic carbocycles. The van der Waals surface area contributed by atoms with Gasteiger partial charge in [0.1, 0.15) is 11.6 Å². The summed E-state index contributed by atoms with van der Waals surface area (Å²) in [6.07, 6.45) is 7.63. The maximum atomic E-state index is 13.3. The summed E-state index contributed by atoms with van der Waals surface area (Å²) in [5.74, 6) is 1.03. The van der Waals surface area contributed by atoms with E-state index in [9.17, 15) is 19.6 Å². The molecule has 0 bridgehead atoms. The summed E-state index contributed by atoms with van der Waals surface area (Å²) in [6.45, 7) is 14.7. The van der Waals surface area contributed by atoms with Gasteiger partial charge in [0.2, 0.25) is 0 Å². The molecule has 0 saturated heterocycles. The fourth-order valence-electron chi connectivity index (χ4n) is 10.8. The number of nitriles is 1. The highest BCUT2D eigenvalue weighted by Gasteiger charge is 2.72. The fourth-order valence-corrected chi connectivity index (χ4v) is 10.8. The number of ketones is 2. The number of hydrogen-bond donors (Lipinski definition) is 0. The number of esters is 1. The van der Waals surface area contributed by atoms with E-state index in [1.165, 1.54) is 7.11 Å². The molecule has 36 heavy (non-hydrogen) atoms. The van der Waals surface area contributed by atoms with Crippen molar-refractivity contribution < 1.29 is 19.1 Å². The van der Waals surface area contributed by atoms with Crippen LogP contribution in [0.4, 0.5) is 0 Å². The minimum atomic E-state index is -0.539. The van der Waals surface area contributed by atoms with Crippen molar-refractivity contribution in [3.05, 3.63) is 0 Å². The van der Waals surface area contributed by atoms with Crippen LogP contribution in [-0.4, -0.2) is 24.6 Å². The quantitative estimate of drug-likeness (QED) is 0.403. The van der Waals surface area contributed by atoms with Gasteiger partial charge in [-0.15, -0.1) is 0 Å². The second kappa shape index (κ2) is 8.67. The van der Waals surface area contributed by atoms with Crippen molar-refractivity contribution in [2.24, 2.45) is 56.7 Å². The Kier molecular flexibility index (Phi) is 6.58. The third kappa shape index (κ3) is 3.34. The SMILES string of the molecule is COC(=O)[C@]12CC[C@@H](C(C)=O)[C@@H]1[C@H]1CC[C@@H]3[C@@](C)(CC#N)[C@H](C(C)(C)C(C)=O)CC[C@@]3(C)[C@]1(C)CC2. The molecule has 4 fully saturated rings. The second-order valence-corrected chi connectivity index (χ2v) is 14.2. The van der Waals surface area contributed by atoms with Crippen molar-refractivity contribution in [3.63, 3.8) is 0 Å². The van der Waals surface area contributed by atoms with Gasteiger partial charge in [-0.3, -0.25) is 14.4 Å². The molecule has 0 radical (unpaired) electrons. The second-order valence-electron chi connectivity index (χ2n) is 14.2. The number of hydrogen-bond acceptors (Lipinski definition) is 5. The van der Waals surface area contributed by atoms with Crippen molar-refractivity contribution in [2.75, 3.05) is 7.11 Å². The molecule has 0 heterocycles. The molecule has 0 aromatic heterocycles. The lowest BCUT2D eigenvalue weighted by molar-refractivity contribution is -0.229. The highest BCUT2D eigenvalue weighted by atomic mass is 16.5. The Morgan fingerprint density at radius 1 is 0.944 bits per heavy atom. The van der Waals surface area contributed by atoms with E-state index >= 15 is 0 Å². The Bertz CT molecular complexity index is 995. The van der Waals surface area contributed by atoms with Crippen LogP contribution in [0.25, 0.3) is 0 Å². The number of nitrogens with zero attached hydrogens (tertiary/aromatic N) is 1. The zero-order chi connectivity index (χ0) is 26.9. The Hall–Kier alpha value is -1.70. The molecule has 4 aliphatic carbocycles. The Morgan fingerprint density at radius 3 is 2.17 bits per heavy atom. The lowest BCUT2D eigenvalue weighted by Crippen LogP contribution is -2.66. The molecule has 0 amide bonds. The van der Waals surface area contributed by atoms with Crippen LogP contribution in [0.3, 0.4) is 0 Å². The number of carbonyl (C=O) groups excluding carboxylic acids is 3. The van der Waals surface area contributed by atoms with Gasteiger partial charge in [-0.1, -0.05) is 34.6 Å². The van der Waals surface area contributed by atoms with E-state index in [-0.39, 0.29) is 57.5 Å². The highest BCUT2D eigenvalue weighted by Crippen LogP contribution is 2.76. The first-order chi connectivity index (χ1) is 16.7. The third-order valence-electron chi connectivity index (χ3n) is 13.1. The van der Waals surface area contributed by atoms with Gasteiger partial charge < -0.3 is 4.74 Å². The molecule has 0 aromatic rings. The number of fused-ring (bicyclic) bond motifs is 5. The average molecular weight is 498 g/mol. The highest BCUT2D eigenvalue weighted by molar-refractivity contribution is 5.84. The number of rotatable bonds is 5. The molecule has 5 heteroatoms. The first-order valence-corrected chi connectivity index (χ1v) is 14.1. The molecular weight excluding hydrogens is 450 g/mol. The van der Waals surface area contributed by atoms with Gasteiger partial charge in [-0.25, -0.2) is 0 Å². The van der Waals surface area contributed by atoms with Crippen LogP contribution in [0.2, 0.25) is 0 Å². The minimum absolute atomic E-state index is 0.0168. The Balaban J connectivity index is 1.81. The van der Waals surface area contributed by atoms with E-state index in [0.717, 1.165) is 51.4 Å². The summed E-state index contributed by atoms with van der Waals surface area (Å²) in [6, 6.07) is 2.52. The van der Waals surface area contributed by atoms with Crippen molar-refractivity contribution in [1.82, 2.24) is 0 Å². The van der Waals surface area contributed by atoms with Crippen molar-refractivity contribution in [2.45, 2.75) is 106 Å². The minimum Gasteiger partial charge on any atom is -0.469 e.